The molecule has 160 valence electrons. The van der Waals surface area contributed by atoms with Gasteiger partial charge in [-0.05, 0) is 55.5 Å². The summed E-state index contributed by atoms with van der Waals surface area (Å²) in [5.74, 6) is 3.64. The van der Waals surface area contributed by atoms with Gasteiger partial charge < -0.3 is 23.7 Å². The first-order valence-corrected chi connectivity index (χ1v) is 9.64. The Morgan fingerprint density at radius 1 is 0.710 bits per heavy atom. The van der Waals surface area contributed by atoms with Crippen LogP contribution in [0, 0.1) is 0 Å². The summed E-state index contributed by atoms with van der Waals surface area (Å²) in [5.41, 5.74) is 1.40. The van der Waals surface area contributed by atoms with Gasteiger partial charge in [-0.1, -0.05) is 18.2 Å². The SMILES string of the molecule is COc1ccc(/N=C(Oc2cccc(OC)c2)\C(C)=C\Oc2ccccc2OC)cc1. The molecule has 0 saturated carbocycles. The van der Waals surface area contributed by atoms with Gasteiger partial charge >= 0.3 is 0 Å². The van der Waals surface area contributed by atoms with Crippen LogP contribution >= 0.6 is 0 Å². The van der Waals surface area contributed by atoms with Crippen LogP contribution in [0.1, 0.15) is 6.92 Å². The van der Waals surface area contributed by atoms with E-state index in [1.807, 2.05) is 73.7 Å². The number of nitrogens with zero attached hydrogens (tertiary/aromatic N) is 1. The molecule has 0 amide bonds. The summed E-state index contributed by atoms with van der Waals surface area (Å²) >= 11 is 0. The van der Waals surface area contributed by atoms with Crippen LogP contribution in [-0.4, -0.2) is 27.2 Å². The Balaban J connectivity index is 1.92. The molecule has 31 heavy (non-hydrogen) atoms. The molecule has 0 aliphatic heterocycles. The molecule has 6 heteroatoms. The Hall–Kier alpha value is -3.93. The topological polar surface area (TPSA) is 58.5 Å². The number of para-hydroxylation sites is 2. The highest BCUT2D eigenvalue weighted by Crippen LogP contribution is 2.27. The Kier molecular flexibility index (Phi) is 7.54. The second kappa shape index (κ2) is 10.7. The van der Waals surface area contributed by atoms with Crippen molar-refractivity contribution in [3.63, 3.8) is 0 Å². The number of hydrogen-bond acceptors (Lipinski definition) is 6. The number of methoxy groups -OCH3 is 3. The lowest BCUT2D eigenvalue weighted by Gasteiger charge is -2.12. The predicted molar refractivity (Wildman–Crippen MR) is 121 cm³/mol. The van der Waals surface area contributed by atoms with Gasteiger partial charge in [0.15, 0.2) is 11.5 Å². The number of aliphatic imine (C=N–C) groups is 1. The average Bonchev–Trinajstić information content (AvgIpc) is 2.82. The van der Waals surface area contributed by atoms with E-state index in [0.717, 1.165) is 5.75 Å². The van der Waals surface area contributed by atoms with E-state index in [1.165, 1.54) is 0 Å². The van der Waals surface area contributed by atoms with Crippen molar-refractivity contribution in [1.82, 2.24) is 0 Å². The van der Waals surface area contributed by atoms with E-state index in [0.29, 0.717) is 40.2 Å². The fourth-order valence-corrected chi connectivity index (χ4v) is 2.66. The van der Waals surface area contributed by atoms with E-state index in [2.05, 4.69) is 4.99 Å². The maximum absolute atomic E-state index is 6.08. The first-order valence-electron chi connectivity index (χ1n) is 9.64. The van der Waals surface area contributed by atoms with Gasteiger partial charge in [0.2, 0.25) is 5.90 Å². The molecule has 6 nitrogen and oxygen atoms in total. The molecule has 0 radical (unpaired) electrons. The van der Waals surface area contributed by atoms with Crippen molar-refractivity contribution < 1.29 is 23.7 Å². The molecule has 0 aliphatic carbocycles. The van der Waals surface area contributed by atoms with Crippen LogP contribution in [-0.2, 0) is 0 Å². The normalized spacial score (nSPS) is 11.6. The first kappa shape index (κ1) is 21.8. The van der Waals surface area contributed by atoms with E-state index in [1.54, 1.807) is 33.7 Å². The zero-order valence-electron chi connectivity index (χ0n) is 18.0. The van der Waals surface area contributed by atoms with Crippen molar-refractivity contribution in [2.75, 3.05) is 21.3 Å². The van der Waals surface area contributed by atoms with Crippen molar-refractivity contribution >= 4 is 11.6 Å². The van der Waals surface area contributed by atoms with Crippen LogP contribution in [0.25, 0.3) is 0 Å². The molecule has 0 fully saturated rings. The highest BCUT2D eigenvalue weighted by atomic mass is 16.5. The molecule has 3 aromatic rings. The van der Waals surface area contributed by atoms with Crippen molar-refractivity contribution in [1.29, 1.82) is 0 Å². The summed E-state index contributed by atoms with van der Waals surface area (Å²) in [7, 11) is 4.83. The summed E-state index contributed by atoms with van der Waals surface area (Å²) in [5, 5.41) is 0. The lowest BCUT2D eigenvalue weighted by molar-refractivity contribution is 0.377. The van der Waals surface area contributed by atoms with E-state index >= 15 is 0 Å². The van der Waals surface area contributed by atoms with Gasteiger partial charge in [-0.15, -0.1) is 0 Å². The van der Waals surface area contributed by atoms with Gasteiger partial charge in [0.25, 0.3) is 0 Å². The molecule has 0 N–H and O–H groups in total. The first-order chi connectivity index (χ1) is 15.1. The Morgan fingerprint density at radius 2 is 1.39 bits per heavy atom. The molecule has 3 rings (SSSR count). The summed E-state index contributed by atoms with van der Waals surface area (Å²) in [4.78, 5) is 4.66. The van der Waals surface area contributed by atoms with Crippen molar-refractivity contribution in [3.05, 3.63) is 84.6 Å². The van der Waals surface area contributed by atoms with Crippen LogP contribution in [0.15, 0.2) is 89.6 Å². The lowest BCUT2D eigenvalue weighted by atomic mass is 10.3. The fourth-order valence-electron chi connectivity index (χ4n) is 2.66. The third kappa shape index (κ3) is 6.02. The molecule has 0 heterocycles. The second-order valence-corrected chi connectivity index (χ2v) is 6.47. The Morgan fingerprint density at radius 3 is 2.06 bits per heavy atom. The quantitative estimate of drug-likeness (QED) is 0.262. The molecular weight excluding hydrogens is 394 g/mol. The molecule has 0 saturated heterocycles. The van der Waals surface area contributed by atoms with Crippen LogP contribution in [0.2, 0.25) is 0 Å². The van der Waals surface area contributed by atoms with E-state index < -0.39 is 0 Å². The standard InChI is InChI=1S/C25H25NO5/c1-18(17-30-24-11-6-5-10-23(24)29-4)25(26-19-12-14-20(27-2)15-13-19)31-22-9-7-8-21(16-22)28-3/h5-17H,1-4H3/b18-17+,26-25+. The summed E-state index contributed by atoms with van der Waals surface area (Å²) in [6.07, 6.45) is 1.58. The number of ether oxygens (including phenoxy) is 5. The van der Waals surface area contributed by atoms with Gasteiger partial charge in [0, 0.05) is 11.6 Å². The van der Waals surface area contributed by atoms with Crippen LogP contribution in [0.5, 0.6) is 28.7 Å². The molecule has 0 aliphatic rings. The van der Waals surface area contributed by atoms with Crippen LogP contribution < -0.4 is 23.7 Å². The number of benzene rings is 3. The highest BCUT2D eigenvalue weighted by molar-refractivity contribution is 5.96. The lowest BCUT2D eigenvalue weighted by Crippen LogP contribution is -2.11. The predicted octanol–water partition coefficient (Wildman–Crippen LogP) is 5.80. The van der Waals surface area contributed by atoms with Gasteiger partial charge in [0.1, 0.15) is 17.2 Å². The largest absolute Gasteiger partial charge is 0.497 e. The average molecular weight is 419 g/mol. The molecule has 0 aromatic heterocycles. The van der Waals surface area contributed by atoms with E-state index in [9.17, 15) is 0 Å². The fraction of sp³-hybridized carbons (Fsp3) is 0.160. The van der Waals surface area contributed by atoms with Crippen LogP contribution in [0.4, 0.5) is 5.69 Å². The maximum Gasteiger partial charge on any atom is 0.225 e. The molecule has 3 aromatic carbocycles. The van der Waals surface area contributed by atoms with Crippen molar-refractivity contribution in [2.24, 2.45) is 4.99 Å². The third-order valence-corrected chi connectivity index (χ3v) is 4.33. The molecule has 0 unspecified atom stereocenters. The van der Waals surface area contributed by atoms with Gasteiger partial charge in [-0.25, -0.2) is 4.99 Å². The Labute approximate surface area is 182 Å². The molecular formula is C25H25NO5. The minimum Gasteiger partial charge on any atom is -0.497 e. The summed E-state index contributed by atoms with van der Waals surface area (Å²) in [6.45, 7) is 1.86. The molecule has 0 atom stereocenters. The van der Waals surface area contributed by atoms with Crippen molar-refractivity contribution in [2.45, 2.75) is 6.92 Å². The van der Waals surface area contributed by atoms with Crippen molar-refractivity contribution in [3.8, 4) is 28.7 Å². The van der Waals surface area contributed by atoms with E-state index in [-0.39, 0.29) is 0 Å². The summed E-state index contributed by atoms with van der Waals surface area (Å²) in [6, 6.07) is 22.1. The zero-order valence-corrected chi connectivity index (χ0v) is 18.0. The van der Waals surface area contributed by atoms with Crippen LogP contribution in [0.3, 0.4) is 0 Å². The Bertz CT molecular complexity index is 1060. The number of hydrogen-bond donors (Lipinski definition) is 0. The third-order valence-electron chi connectivity index (χ3n) is 4.33. The second-order valence-electron chi connectivity index (χ2n) is 6.47. The smallest absolute Gasteiger partial charge is 0.225 e. The molecule has 0 spiro atoms. The zero-order chi connectivity index (χ0) is 22.1. The number of rotatable bonds is 8. The minimum absolute atomic E-state index is 0.383. The van der Waals surface area contributed by atoms with E-state index in [4.69, 9.17) is 23.7 Å². The maximum atomic E-state index is 6.08. The minimum atomic E-state index is 0.383. The molecule has 0 bridgehead atoms. The van der Waals surface area contributed by atoms with Gasteiger partial charge in [0.05, 0.1) is 33.3 Å². The van der Waals surface area contributed by atoms with Gasteiger partial charge in [-0.3, -0.25) is 0 Å². The highest BCUT2D eigenvalue weighted by Gasteiger charge is 2.10. The summed E-state index contributed by atoms with van der Waals surface area (Å²) < 4.78 is 27.8. The monoisotopic (exact) mass is 419 g/mol. The van der Waals surface area contributed by atoms with Gasteiger partial charge in [-0.2, -0.15) is 0 Å².